The highest BCUT2D eigenvalue weighted by Crippen LogP contribution is 2.21. The van der Waals surface area contributed by atoms with Crippen LogP contribution in [0.1, 0.15) is 10.4 Å². The maximum Gasteiger partial charge on any atom is 0.328 e. The summed E-state index contributed by atoms with van der Waals surface area (Å²) in [6.07, 6.45) is 0. The molecule has 2 aromatic carbocycles. The molecule has 20 heavy (non-hydrogen) atoms. The lowest BCUT2D eigenvalue weighted by molar-refractivity contribution is -0.140. The molecule has 0 aromatic heterocycles. The van der Waals surface area contributed by atoms with Crippen LogP contribution in [0, 0.1) is 0 Å². The van der Waals surface area contributed by atoms with Gasteiger partial charge in [0.15, 0.2) is 6.04 Å². The number of carbonyl (C=O) groups is 2. The van der Waals surface area contributed by atoms with Crippen LogP contribution in [0.4, 0.5) is 5.69 Å². The fourth-order valence-corrected chi connectivity index (χ4v) is 1.88. The Bertz CT molecular complexity index is 669. The van der Waals surface area contributed by atoms with Crippen LogP contribution in [0.2, 0.25) is 0 Å². The van der Waals surface area contributed by atoms with E-state index in [0.29, 0.717) is 0 Å². The third-order valence-corrected chi connectivity index (χ3v) is 2.95. The van der Waals surface area contributed by atoms with Crippen LogP contribution in [-0.4, -0.2) is 34.7 Å². The van der Waals surface area contributed by atoms with Gasteiger partial charge in [-0.3, -0.25) is 4.79 Å². The van der Waals surface area contributed by atoms with Crippen LogP contribution >= 0.6 is 0 Å². The molecule has 104 valence electrons. The molecular weight excluding hydrogens is 260 g/mol. The fourth-order valence-electron chi connectivity index (χ4n) is 1.88. The number of aliphatic hydroxyl groups excluding tert-OH is 1. The van der Waals surface area contributed by atoms with E-state index in [-0.39, 0.29) is 11.3 Å². The van der Waals surface area contributed by atoms with Crippen LogP contribution in [0.3, 0.4) is 0 Å². The molecule has 1 atom stereocenters. The number of amides is 1. The Kier molecular flexibility index (Phi) is 3.86. The van der Waals surface area contributed by atoms with Gasteiger partial charge in [0.25, 0.3) is 5.91 Å². The van der Waals surface area contributed by atoms with E-state index in [0.717, 1.165) is 10.8 Å². The minimum absolute atomic E-state index is 0.184. The molecule has 6 heteroatoms. The van der Waals surface area contributed by atoms with Gasteiger partial charge in [-0.15, -0.1) is 0 Å². The zero-order valence-electron chi connectivity index (χ0n) is 10.5. The summed E-state index contributed by atoms with van der Waals surface area (Å²) in [5.41, 5.74) is 6.25. The van der Waals surface area contributed by atoms with Crippen molar-refractivity contribution in [1.82, 2.24) is 5.32 Å². The second kappa shape index (κ2) is 5.58. The lowest BCUT2D eigenvalue weighted by atomic mass is 10.0. The fraction of sp³-hybridized carbons (Fsp3) is 0.143. The number of hydrogen-bond donors (Lipinski definition) is 4. The van der Waals surface area contributed by atoms with Crippen molar-refractivity contribution >= 4 is 28.3 Å². The highest BCUT2D eigenvalue weighted by molar-refractivity contribution is 6.05. The zero-order chi connectivity index (χ0) is 14.7. The first-order valence-electron chi connectivity index (χ1n) is 5.95. The number of carboxylic acid groups (broad SMARTS) is 1. The van der Waals surface area contributed by atoms with Crippen molar-refractivity contribution < 1.29 is 19.8 Å². The van der Waals surface area contributed by atoms with Gasteiger partial charge in [0.05, 0.1) is 12.2 Å². The third kappa shape index (κ3) is 2.70. The van der Waals surface area contributed by atoms with Crippen molar-refractivity contribution in [2.24, 2.45) is 0 Å². The number of aliphatic carboxylic acids is 1. The monoisotopic (exact) mass is 274 g/mol. The molecule has 0 bridgehead atoms. The van der Waals surface area contributed by atoms with Crippen LogP contribution in [-0.2, 0) is 4.79 Å². The molecule has 2 aromatic rings. The van der Waals surface area contributed by atoms with E-state index in [2.05, 4.69) is 5.32 Å². The summed E-state index contributed by atoms with van der Waals surface area (Å²) >= 11 is 0. The second-order valence-electron chi connectivity index (χ2n) is 4.33. The number of nitrogen functional groups attached to an aromatic ring is 1. The van der Waals surface area contributed by atoms with E-state index in [1.54, 1.807) is 12.1 Å². The van der Waals surface area contributed by atoms with Gasteiger partial charge in [0.1, 0.15) is 0 Å². The SMILES string of the molecule is Nc1cc2ccccc2cc1C(=O)N[C@H](CO)C(=O)O. The van der Waals surface area contributed by atoms with E-state index in [4.69, 9.17) is 15.9 Å². The molecular formula is C14H14N2O4. The maximum atomic E-state index is 12.0. The average molecular weight is 274 g/mol. The van der Waals surface area contributed by atoms with Gasteiger partial charge in [-0.25, -0.2) is 4.79 Å². The predicted molar refractivity (Wildman–Crippen MR) is 74.3 cm³/mol. The molecule has 0 radical (unpaired) electrons. The number of carboxylic acids is 1. The number of anilines is 1. The van der Waals surface area contributed by atoms with Gasteiger partial charge in [0.2, 0.25) is 0 Å². The smallest absolute Gasteiger partial charge is 0.328 e. The number of fused-ring (bicyclic) bond motifs is 1. The molecule has 1 amide bonds. The first-order chi connectivity index (χ1) is 9.52. The minimum Gasteiger partial charge on any atom is -0.480 e. The van der Waals surface area contributed by atoms with Gasteiger partial charge >= 0.3 is 5.97 Å². The lowest BCUT2D eigenvalue weighted by Gasteiger charge is -2.13. The van der Waals surface area contributed by atoms with Crippen LogP contribution in [0.15, 0.2) is 36.4 Å². The van der Waals surface area contributed by atoms with Crippen LogP contribution in [0.5, 0.6) is 0 Å². The van der Waals surface area contributed by atoms with E-state index in [1.165, 1.54) is 0 Å². The number of nitrogens with one attached hydrogen (secondary N) is 1. The molecule has 0 unspecified atom stereocenters. The summed E-state index contributed by atoms with van der Waals surface area (Å²) < 4.78 is 0. The first-order valence-corrected chi connectivity index (χ1v) is 5.95. The minimum atomic E-state index is -1.35. The molecule has 0 aliphatic carbocycles. The molecule has 0 saturated carbocycles. The molecule has 0 saturated heterocycles. The Labute approximate surface area is 114 Å². The third-order valence-electron chi connectivity index (χ3n) is 2.95. The Morgan fingerprint density at radius 2 is 1.80 bits per heavy atom. The molecule has 0 aliphatic heterocycles. The number of nitrogens with two attached hydrogens (primary N) is 1. The normalized spacial score (nSPS) is 12.1. The number of hydrogen-bond acceptors (Lipinski definition) is 4. The predicted octanol–water partition coefficient (Wildman–Crippen LogP) is 0.597. The average Bonchev–Trinajstić information content (AvgIpc) is 2.43. The Hall–Kier alpha value is -2.60. The van der Waals surface area contributed by atoms with Gasteiger partial charge in [-0.05, 0) is 22.9 Å². The summed E-state index contributed by atoms with van der Waals surface area (Å²) in [6, 6.07) is 9.26. The van der Waals surface area contributed by atoms with E-state index < -0.39 is 24.5 Å². The van der Waals surface area contributed by atoms with Crippen molar-refractivity contribution in [3.05, 3.63) is 42.0 Å². The van der Waals surface area contributed by atoms with E-state index in [9.17, 15) is 9.59 Å². The molecule has 2 rings (SSSR count). The number of aliphatic hydroxyl groups is 1. The summed E-state index contributed by atoms with van der Waals surface area (Å²) in [7, 11) is 0. The first kappa shape index (κ1) is 13.8. The van der Waals surface area contributed by atoms with Crippen molar-refractivity contribution in [2.75, 3.05) is 12.3 Å². The van der Waals surface area contributed by atoms with Crippen molar-refractivity contribution in [2.45, 2.75) is 6.04 Å². The quantitative estimate of drug-likeness (QED) is 0.610. The van der Waals surface area contributed by atoms with E-state index in [1.807, 2.05) is 24.3 Å². The molecule has 0 aliphatic rings. The summed E-state index contributed by atoms with van der Waals surface area (Å²) in [5.74, 6) is -1.94. The van der Waals surface area contributed by atoms with Crippen LogP contribution in [0.25, 0.3) is 10.8 Å². The van der Waals surface area contributed by atoms with Crippen molar-refractivity contribution in [3.8, 4) is 0 Å². The second-order valence-corrected chi connectivity index (χ2v) is 4.33. The number of carbonyl (C=O) groups excluding carboxylic acids is 1. The molecule has 5 N–H and O–H groups in total. The number of benzene rings is 2. The molecule has 0 fully saturated rings. The highest BCUT2D eigenvalue weighted by atomic mass is 16.4. The zero-order valence-corrected chi connectivity index (χ0v) is 10.5. The molecule has 6 nitrogen and oxygen atoms in total. The standard InChI is InChI=1S/C14H14N2O4/c15-11-6-9-4-2-1-3-8(9)5-10(11)13(18)16-12(7-17)14(19)20/h1-6,12,17H,7,15H2,(H,16,18)(H,19,20)/t12-/m1/s1. The highest BCUT2D eigenvalue weighted by Gasteiger charge is 2.20. The Morgan fingerprint density at radius 3 is 2.35 bits per heavy atom. The van der Waals surface area contributed by atoms with Gasteiger partial charge in [-0.2, -0.15) is 0 Å². The summed E-state index contributed by atoms with van der Waals surface area (Å²) in [5, 5.41) is 21.6. The topological polar surface area (TPSA) is 113 Å². The maximum absolute atomic E-state index is 12.0. The van der Waals surface area contributed by atoms with Crippen molar-refractivity contribution in [3.63, 3.8) is 0 Å². The Balaban J connectivity index is 2.34. The Morgan fingerprint density at radius 1 is 1.20 bits per heavy atom. The van der Waals surface area contributed by atoms with Gasteiger partial charge < -0.3 is 21.3 Å². The summed E-state index contributed by atoms with van der Waals surface area (Å²) in [6.45, 7) is -0.686. The van der Waals surface area contributed by atoms with Gasteiger partial charge in [-0.1, -0.05) is 24.3 Å². The van der Waals surface area contributed by atoms with Gasteiger partial charge in [0, 0.05) is 5.69 Å². The largest absolute Gasteiger partial charge is 0.480 e. The van der Waals surface area contributed by atoms with Crippen LogP contribution < -0.4 is 11.1 Å². The number of rotatable bonds is 4. The molecule has 0 heterocycles. The summed E-state index contributed by atoms with van der Waals surface area (Å²) in [4.78, 5) is 22.8. The lowest BCUT2D eigenvalue weighted by Crippen LogP contribution is -2.43. The molecule has 0 spiro atoms. The van der Waals surface area contributed by atoms with E-state index >= 15 is 0 Å². The van der Waals surface area contributed by atoms with Crippen molar-refractivity contribution in [1.29, 1.82) is 0 Å².